The van der Waals surface area contributed by atoms with Gasteiger partial charge in [0.2, 0.25) is 0 Å². The zero-order valence-electron chi connectivity index (χ0n) is 12.1. The smallest absolute Gasteiger partial charge is 0.335 e. The van der Waals surface area contributed by atoms with Crippen LogP contribution in [0.25, 0.3) is 0 Å². The van der Waals surface area contributed by atoms with Crippen molar-refractivity contribution in [3.05, 3.63) is 35.4 Å². The summed E-state index contributed by atoms with van der Waals surface area (Å²) in [4.78, 5) is 10.4. The highest BCUT2D eigenvalue weighted by Gasteiger charge is 2.24. The van der Waals surface area contributed by atoms with Crippen molar-refractivity contribution >= 4 is 77.9 Å². The number of hydrogen-bond acceptors (Lipinski definition) is 1. The molecule has 0 saturated heterocycles. The summed E-state index contributed by atoms with van der Waals surface area (Å²) in [6, 6.07) is 6.93. The third-order valence-electron chi connectivity index (χ3n) is 2.94. The Hall–Kier alpha value is -0.661. The highest BCUT2D eigenvalue weighted by Crippen LogP contribution is 2.04. The van der Waals surface area contributed by atoms with Gasteiger partial charge in [-0.2, -0.15) is 0 Å². The fourth-order valence-electron chi connectivity index (χ4n) is 1.65. The highest BCUT2D eigenvalue weighted by atomic mass is 16.4. The molecule has 0 aromatic heterocycles. The second-order valence-electron chi connectivity index (χ2n) is 4.67. The summed E-state index contributed by atoms with van der Waals surface area (Å²) in [5.41, 5.74) is 1.51. The molecule has 21 heavy (non-hydrogen) atoms. The lowest BCUT2D eigenvalue weighted by Gasteiger charge is -2.23. The maximum Gasteiger partial charge on any atom is 0.335 e. The van der Waals surface area contributed by atoms with Gasteiger partial charge in [0.25, 0.3) is 0 Å². The Morgan fingerprint density at radius 2 is 1.33 bits per heavy atom. The van der Waals surface area contributed by atoms with Crippen molar-refractivity contribution in [3.63, 3.8) is 0 Å². The molecule has 88 valence electrons. The van der Waals surface area contributed by atoms with Crippen molar-refractivity contribution in [2.24, 2.45) is 0 Å². The maximum absolute atomic E-state index is 10.4. The van der Waals surface area contributed by atoms with Gasteiger partial charge in [0.15, 0.2) is 0 Å². The molecule has 2 nitrogen and oxygen atoms in total. The predicted octanol–water partition coefficient (Wildman–Crippen LogP) is -1.86. The van der Waals surface area contributed by atoms with Crippen molar-refractivity contribution in [2.75, 3.05) is 0 Å². The quantitative estimate of drug-likeness (QED) is 0.629. The summed E-state index contributed by atoms with van der Waals surface area (Å²) < 4.78 is 0. The topological polar surface area (TPSA) is 37.3 Å². The number of carboxylic acids is 1. The van der Waals surface area contributed by atoms with Gasteiger partial charge in [0.05, 0.1) is 5.56 Å². The minimum absolute atomic E-state index is 0.349. The number of rotatable bonds is 5. The Morgan fingerprint density at radius 1 is 0.952 bits per heavy atom. The van der Waals surface area contributed by atoms with Crippen molar-refractivity contribution in [3.8, 4) is 0 Å². The molecular weight excluding hydrogens is 248 g/mol. The van der Waals surface area contributed by atoms with Gasteiger partial charge in [0, 0.05) is 72.0 Å². The lowest BCUT2D eigenvalue weighted by Crippen LogP contribution is -2.62. The van der Waals surface area contributed by atoms with E-state index in [0.29, 0.717) is 5.56 Å². The molecule has 0 aliphatic rings. The number of hydrogen-bond donors (Lipinski definition) is 1. The van der Waals surface area contributed by atoms with Crippen LogP contribution in [0.3, 0.4) is 0 Å². The SMILES string of the molecule is CCc1ccc(C(=O)O)cc1.[B]B([B])B(B([B])[B])B([B])[B]. The van der Waals surface area contributed by atoms with E-state index in [2.05, 4.69) is 0 Å². The molecule has 1 rings (SSSR count). The summed E-state index contributed by atoms with van der Waals surface area (Å²) in [6.45, 7) is 2.04. The summed E-state index contributed by atoms with van der Waals surface area (Å²) >= 11 is 0. The molecule has 0 unspecified atom stereocenters. The summed E-state index contributed by atoms with van der Waals surface area (Å²) in [5.74, 6) is -0.868. The van der Waals surface area contributed by atoms with Crippen molar-refractivity contribution in [2.45, 2.75) is 13.3 Å². The van der Waals surface area contributed by atoms with Crippen LogP contribution in [0.5, 0.6) is 0 Å². The molecule has 1 N–H and O–H groups in total. The van der Waals surface area contributed by atoms with Gasteiger partial charge in [-0.1, -0.05) is 19.1 Å². The van der Waals surface area contributed by atoms with Gasteiger partial charge in [-0.25, -0.2) is 4.79 Å². The van der Waals surface area contributed by atoms with Crippen LogP contribution in [0, 0.1) is 0 Å². The van der Waals surface area contributed by atoms with Crippen molar-refractivity contribution in [1.82, 2.24) is 0 Å². The number of aromatic carboxylic acids is 1. The fourth-order valence-corrected chi connectivity index (χ4v) is 1.65. The van der Waals surface area contributed by atoms with E-state index >= 15 is 0 Å². The van der Waals surface area contributed by atoms with E-state index in [1.165, 1.54) is 0 Å². The normalized spacial score (nSPS) is 9.00. The first-order chi connectivity index (χ1) is 9.70. The Labute approximate surface area is 137 Å². The van der Waals surface area contributed by atoms with Gasteiger partial charge in [-0.05, 0) is 24.1 Å². The first-order valence-electron chi connectivity index (χ1n) is 6.56. The summed E-state index contributed by atoms with van der Waals surface area (Å²) in [7, 11) is 31.8. The van der Waals surface area contributed by atoms with E-state index in [0.717, 1.165) is 12.0 Å². The van der Waals surface area contributed by atoms with E-state index in [4.69, 9.17) is 51.5 Å². The molecule has 0 saturated carbocycles. The predicted molar refractivity (Wildman–Crippen MR) is 100 cm³/mol. The molecule has 0 fully saturated rings. The molecule has 0 heterocycles. The van der Waals surface area contributed by atoms with Gasteiger partial charge >= 0.3 is 5.97 Å². The second-order valence-corrected chi connectivity index (χ2v) is 4.67. The number of benzene rings is 1. The Morgan fingerprint density at radius 3 is 1.52 bits per heavy atom. The van der Waals surface area contributed by atoms with Gasteiger partial charge in [-0.15, -0.1) is 0 Å². The number of carbonyl (C=O) groups is 1. The second kappa shape index (κ2) is 10.1. The zero-order valence-corrected chi connectivity index (χ0v) is 12.1. The standard InChI is InChI=1S/C9H10O2.B10/c1-2-7-3-5-8(6-4-7)9(10)11;1-7(2)10(8(3)4)9(5)6/h3-6H,2H2,1H3,(H,10,11);. The van der Waals surface area contributed by atoms with Crippen LogP contribution in [0.15, 0.2) is 24.3 Å². The largest absolute Gasteiger partial charge is 0.478 e. The third kappa shape index (κ3) is 7.78. The van der Waals surface area contributed by atoms with Crippen LogP contribution in [0.4, 0.5) is 0 Å². The molecule has 1 aromatic carbocycles. The summed E-state index contributed by atoms with van der Waals surface area (Å²) in [6.07, 6.45) is -1.50. The monoisotopic (exact) mass is 260 g/mol. The van der Waals surface area contributed by atoms with Crippen LogP contribution >= 0.6 is 0 Å². The molecule has 0 bridgehead atoms. The average Bonchev–Trinajstić information content (AvgIpc) is 2.38. The molecule has 0 amide bonds. The van der Waals surface area contributed by atoms with Crippen LogP contribution in [0.2, 0.25) is 0 Å². The lowest BCUT2D eigenvalue weighted by atomic mass is 8.58. The molecule has 0 aliphatic heterocycles. The van der Waals surface area contributed by atoms with Crippen LogP contribution in [-0.2, 0) is 6.42 Å². The maximum atomic E-state index is 10.4. The minimum Gasteiger partial charge on any atom is -0.478 e. The molecular formula is C9H10B10O2. The van der Waals surface area contributed by atoms with E-state index < -0.39 is 31.5 Å². The Balaban J connectivity index is 0.000000384. The zero-order chi connectivity index (χ0) is 16.6. The number of aryl methyl sites for hydroxylation is 1. The molecule has 0 aliphatic carbocycles. The minimum atomic E-state index is -0.868. The average molecular weight is 258 g/mol. The number of carboxylic acid groups (broad SMARTS) is 1. The van der Waals surface area contributed by atoms with Crippen LogP contribution in [-0.4, -0.2) is 83.0 Å². The molecule has 0 spiro atoms. The third-order valence-corrected chi connectivity index (χ3v) is 2.94. The van der Waals surface area contributed by atoms with Crippen molar-refractivity contribution < 1.29 is 9.90 Å². The van der Waals surface area contributed by atoms with E-state index in [9.17, 15) is 4.79 Å². The highest BCUT2D eigenvalue weighted by molar-refractivity contribution is 8.00. The van der Waals surface area contributed by atoms with E-state index in [1.54, 1.807) is 12.1 Å². The van der Waals surface area contributed by atoms with E-state index in [1.807, 2.05) is 19.1 Å². The molecule has 0 atom stereocenters. The first kappa shape index (κ1) is 20.3. The van der Waals surface area contributed by atoms with Crippen molar-refractivity contribution in [1.29, 1.82) is 0 Å². The fraction of sp³-hybridized carbons (Fsp3) is 0.222. The molecule has 1 aromatic rings. The van der Waals surface area contributed by atoms with Crippen LogP contribution < -0.4 is 0 Å². The van der Waals surface area contributed by atoms with Crippen LogP contribution in [0.1, 0.15) is 22.8 Å². The lowest BCUT2D eigenvalue weighted by molar-refractivity contribution is 0.0697. The molecule has 12 heteroatoms. The van der Waals surface area contributed by atoms with Gasteiger partial charge in [-0.3, -0.25) is 0 Å². The van der Waals surface area contributed by atoms with E-state index in [-0.39, 0.29) is 0 Å². The van der Waals surface area contributed by atoms with Gasteiger partial charge < -0.3 is 5.11 Å². The first-order valence-corrected chi connectivity index (χ1v) is 6.56. The molecule has 12 radical (unpaired) electrons. The van der Waals surface area contributed by atoms with Gasteiger partial charge in [0.1, 0.15) is 0 Å². The Bertz CT molecular complexity index is 402. The Kier molecular flexibility index (Phi) is 9.81. The summed E-state index contributed by atoms with van der Waals surface area (Å²) in [5, 5.41) is 8.55.